The van der Waals surface area contributed by atoms with Crippen LogP contribution in [-0.4, -0.2) is 99.7 Å². The Balaban J connectivity index is 2.11. The van der Waals surface area contributed by atoms with E-state index in [9.17, 15) is 37.6 Å². The maximum atomic E-state index is 13.1. The maximum absolute atomic E-state index is 13.1. The highest BCUT2D eigenvalue weighted by Gasteiger charge is 2.30. The van der Waals surface area contributed by atoms with Gasteiger partial charge in [0.25, 0.3) is 5.91 Å². The van der Waals surface area contributed by atoms with E-state index in [2.05, 4.69) is 17.2 Å². The van der Waals surface area contributed by atoms with E-state index in [1.165, 1.54) is 4.90 Å². The first-order chi connectivity index (χ1) is 27.1. The third-order valence-electron chi connectivity index (χ3n) is 7.80. The lowest BCUT2D eigenvalue weighted by Crippen LogP contribution is -2.28. The van der Waals surface area contributed by atoms with Crippen LogP contribution in [0.1, 0.15) is 73.4 Å². The van der Waals surface area contributed by atoms with Gasteiger partial charge < -0.3 is 38.3 Å². The average Bonchev–Trinajstić information content (AvgIpc) is 3.11. The van der Waals surface area contributed by atoms with Gasteiger partial charge in [0.1, 0.15) is 12.6 Å². The van der Waals surface area contributed by atoms with Gasteiger partial charge in [0.15, 0.2) is 0 Å². The van der Waals surface area contributed by atoms with Crippen LogP contribution in [0, 0.1) is 11.8 Å². The molecule has 4 N–H and O–H groups in total. The van der Waals surface area contributed by atoms with Crippen molar-refractivity contribution in [2.75, 3.05) is 58.1 Å². The molecular weight excluding hydrogens is 820 g/mol. The predicted octanol–water partition coefficient (Wildman–Crippen LogP) is 6.13. The lowest BCUT2D eigenvalue weighted by atomic mass is 9.99. The highest BCUT2D eigenvalue weighted by molar-refractivity contribution is 7.53. The van der Waals surface area contributed by atoms with Crippen LogP contribution in [0.2, 0.25) is 0 Å². The van der Waals surface area contributed by atoms with Crippen LogP contribution in [-0.2, 0) is 54.2 Å². The van der Waals surface area contributed by atoms with E-state index in [1.807, 2.05) is 6.07 Å². The Morgan fingerprint density at radius 3 is 1.86 bits per heavy atom. The van der Waals surface area contributed by atoms with Gasteiger partial charge in [-0.15, -0.1) is 0 Å². The highest BCUT2D eigenvalue weighted by Crippen LogP contribution is 2.47. The predicted molar refractivity (Wildman–Crippen MR) is 218 cm³/mol. The zero-order valence-electron chi connectivity index (χ0n) is 32.5. The Hall–Kier alpha value is -3.05. The van der Waals surface area contributed by atoms with Crippen LogP contribution in [0.25, 0.3) is 10.8 Å². The fraction of sp³-hybridized carbons (Fsp3) is 0.472. The molecule has 3 rings (SSSR count). The SMILES string of the molecule is CCO[PH](=O)CN(Cc1cc(C#Cc2ccc(C(=O)NCCCC(=O)O)c3ccccc23)cc(CN(CP(=O)(O)OCC)CP(=O)(O)OCC)n1)C[PH](=O)OCC. The second-order valence-electron chi connectivity index (χ2n) is 12.5. The average molecular weight is 873 g/mol. The molecule has 57 heavy (non-hydrogen) atoms. The van der Waals surface area contributed by atoms with Crippen molar-refractivity contribution in [3.8, 4) is 11.8 Å². The second-order valence-corrected chi connectivity index (χ2v) is 18.9. The molecule has 0 spiro atoms. The van der Waals surface area contributed by atoms with Crippen molar-refractivity contribution in [2.24, 2.45) is 0 Å². The molecule has 0 saturated carbocycles. The van der Waals surface area contributed by atoms with Gasteiger partial charge in [-0.2, -0.15) is 0 Å². The summed E-state index contributed by atoms with van der Waals surface area (Å²) in [6.45, 7) is 6.82. The molecule has 0 saturated heterocycles. The highest BCUT2D eigenvalue weighted by atomic mass is 31.2. The van der Waals surface area contributed by atoms with Gasteiger partial charge in [-0.3, -0.25) is 42.6 Å². The lowest BCUT2D eigenvalue weighted by molar-refractivity contribution is -0.137. The van der Waals surface area contributed by atoms with Crippen molar-refractivity contribution in [1.82, 2.24) is 20.1 Å². The van der Waals surface area contributed by atoms with Crippen LogP contribution in [0.5, 0.6) is 0 Å². The molecule has 314 valence electrons. The number of carbonyl (C=O) groups excluding carboxylic acids is 1. The third-order valence-corrected chi connectivity index (χ3v) is 13.3. The summed E-state index contributed by atoms with van der Waals surface area (Å²) >= 11 is 0. The van der Waals surface area contributed by atoms with Crippen LogP contribution < -0.4 is 5.32 Å². The summed E-state index contributed by atoms with van der Waals surface area (Å²) in [6, 6.07) is 13.8. The van der Waals surface area contributed by atoms with Gasteiger partial charge in [-0.1, -0.05) is 36.1 Å². The number of rotatable bonds is 25. The number of nitrogens with one attached hydrogen (secondary N) is 1. The number of pyridine rings is 1. The summed E-state index contributed by atoms with van der Waals surface area (Å²) in [5.41, 5.74) is 2.09. The van der Waals surface area contributed by atoms with E-state index >= 15 is 0 Å². The fourth-order valence-corrected chi connectivity index (χ4v) is 10.5. The number of carboxylic acid groups (broad SMARTS) is 1. The third kappa shape index (κ3) is 17.4. The number of aliphatic carboxylic acids is 1. The number of fused-ring (bicyclic) bond motifs is 1. The van der Waals surface area contributed by atoms with Crippen molar-refractivity contribution in [2.45, 2.75) is 53.6 Å². The van der Waals surface area contributed by atoms with Gasteiger partial charge in [0.2, 0.25) is 16.1 Å². The van der Waals surface area contributed by atoms with E-state index in [0.29, 0.717) is 38.9 Å². The molecule has 1 amide bonds. The van der Waals surface area contributed by atoms with Crippen molar-refractivity contribution in [3.63, 3.8) is 0 Å². The Labute approximate surface area is 334 Å². The zero-order chi connectivity index (χ0) is 42.0. The summed E-state index contributed by atoms with van der Waals surface area (Å²) in [7, 11) is -13.6. The molecule has 0 fully saturated rings. The normalized spacial score (nSPS) is 14.7. The number of carbonyl (C=O) groups is 2. The van der Waals surface area contributed by atoms with Gasteiger partial charge in [0.05, 0.1) is 50.4 Å². The van der Waals surface area contributed by atoms with Crippen LogP contribution in [0.15, 0.2) is 48.5 Å². The molecule has 0 aliphatic rings. The molecule has 4 unspecified atom stereocenters. The molecule has 17 nitrogen and oxygen atoms in total. The molecule has 4 atom stereocenters. The number of amides is 1. The van der Waals surface area contributed by atoms with Gasteiger partial charge in [-0.25, -0.2) is 0 Å². The number of nitrogens with zero attached hydrogens (tertiary/aromatic N) is 3. The van der Waals surface area contributed by atoms with Crippen molar-refractivity contribution >= 4 is 53.9 Å². The van der Waals surface area contributed by atoms with Crippen LogP contribution in [0.4, 0.5) is 0 Å². The maximum Gasteiger partial charge on any atom is 0.342 e. The zero-order valence-corrected chi connectivity index (χ0v) is 36.3. The van der Waals surface area contributed by atoms with E-state index in [-0.39, 0.29) is 77.4 Å². The van der Waals surface area contributed by atoms with Crippen molar-refractivity contribution in [3.05, 3.63) is 76.6 Å². The molecule has 1 aromatic heterocycles. The number of carboxylic acids is 1. The molecule has 0 bridgehead atoms. The molecule has 0 aliphatic carbocycles. The standard InChI is InChI=1S/C36H52N4O13P4/c1-5-50-54(44)24-39(25-55(45)51-6-2)22-30-20-28(21-31(38-30)23-40(26-56(46,47)52-7-3)27-57(48,49)53-8-4)15-16-29-17-18-34(33-13-10-9-12-32(29)33)36(43)37-19-11-14-35(41)42/h9-10,12-13,17-18,20-21,54-55H,5-8,11,14,19,22-27H2,1-4H3,(H,37,43)(H,41,42)(H,46,47)(H,48,49). The molecule has 0 aliphatic heterocycles. The Morgan fingerprint density at radius 2 is 1.33 bits per heavy atom. The number of aromatic nitrogens is 1. The Bertz CT molecular complexity index is 1990. The summed E-state index contributed by atoms with van der Waals surface area (Å²) < 4.78 is 71.9. The van der Waals surface area contributed by atoms with Gasteiger partial charge in [-0.05, 0) is 69.2 Å². The summed E-state index contributed by atoms with van der Waals surface area (Å²) in [6.07, 6.45) is -1.11. The summed E-state index contributed by atoms with van der Waals surface area (Å²) in [4.78, 5) is 52.6. The fourth-order valence-electron chi connectivity index (χ4n) is 5.71. The quantitative estimate of drug-likeness (QED) is 0.0426. The monoisotopic (exact) mass is 872 g/mol. The van der Waals surface area contributed by atoms with Gasteiger partial charge in [0, 0.05) is 42.7 Å². The van der Waals surface area contributed by atoms with Crippen molar-refractivity contribution < 1.29 is 60.8 Å². The summed E-state index contributed by atoms with van der Waals surface area (Å²) in [5, 5.41) is 13.0. The van der Waals surface area contributed by atoms with Gasteiger partial charge >= 0.3 is 21.2 Å². The summed E-state index contributed by atoms with van der Waals surface area (Å²) in [5.74, 6) is 4.99. The first kappa shape index (κ1) is 48.3. The number of hydrogen-bond acceptors (Lipinski definition) is 13. The minimum absolute atomic E-state index is 0.0313. The first-order valence-corrected chi connectivity index (χ1v) is 24.9. The van der Waals surface area contributed by atoms with E-state index in [1.54, 1.807) is 75.1 Å². The molecule has 3 aromatic rings. The van der Waals surface area contributed by atoms with E-state index in [0.717, 1.165) is 0 Å². The minimum Gasteiger partial charge on any atom is -0.481 e. The van der Waals surface area contributed by atoms with E-state index < -0.39 is 49.8 Å². The molecule has 2 aromatic carbocycles. The molecule has 21 heteroatoms. The second kappa shape index (κ2) is 24.1. The Morgan fingerprint density at radius 1 is 0.789 bits per heavy atom. The van der Waals surface area contributed by atoms with Crippen molar-refractivity contribution in [1.29, 1.82) is 0 Å². The number of benzene rings is 2. The topological polar surface area (TPSA) is 231 Å². The van der Waals surface area contributed by atoms with E-state index in [4.69, 9.17) is 28.2 Å². The molecular formula is C36H52N4O13P4. The smallest absolute Gasteiger partial charge is 0.342 e. The van der Waals surface area contributed by atoms with Crippen LogP contribution >= 0.6 is 31.2 Å². The minimum atomic E-state index is -4.25. The Kier molecular flexibility index (Phi) is 20.5. The lowest BCUT2D eigenvalue weighted by Gasteiger charge is -2.26. The molecule has 0 radical (unpaired) electrons. The number of hydrogen-bond donors (Lipinski definition) is 4. The molecule has 1 heterocycles. The van der Waals surface area contributed by atoms with Crippen LogP contribution in [0.3, 0.4) is 0 Å². The first-order valence-electron chi connectivity index (χ1n) is 18.3. The largest absolute Gasteiger partial charge is 0.481 e.